The van der Waals surface area contributed by atoms with Crippen molar-refractivity contribution in [1.29, 1.82) is 0 Å². The predicted molar refractivity (Wildman–Crippen MR) is 162 cm³/mol. The van der Waals surface area contributed by atoms with Crippen LogP contribution in [0.5, 0.6) is 17.2 Å². The molecule has 0 saturated carbocycles. The highest BCUT2D eigenvalue weighted by Crippen LogP contribution is 2.27. The molecular formula is C33H37N3O6. The van der Waals surface area contributed by atoms with Crippen LogP contribution < -0.4 is 24.7 Å². The molecule has 0 N–H and O–H groups in total. The van der Waals surface area contributed by atoms with Gasteiger partial charge < -0.3 is 23.8 Å². The average Bonchev–Trinajstić information content (AvgIpc) is 3.00. The third-order valence-electron chi connectivity index (χ3n) is 6.88. The second kappa shape index (κ2) is 13.7. The Morgan fingerprint density at radius 2 is 1.36 bits per heavy atom. The quantitative estimate of drug-likeness (QED) is 0.202. The molecule has 3 aromatic carbocycles. The van der Waals surface area contributed by atoms with E-state index in [1.54, 1.807) is 14.2 Å². The number of esters is 1. The molecule has 0 fully saturated rings. The van der Waals surface area contributed by atoms with E-state index in [4.69, 9.17) is 23.9 Å². The van der Waals surface area contributed by atoms with Gasteiger partial charge in [-0.15, -0.1) is 0 Å². The first-order valence-electron chi connectivity index (χ1n) is 13.7. The van der Waals surface area contributed by atoms with Crippen LogP contribution in [0, 0.1) is 13.8 Å². The molecule has 4 aromatic rings. The minimum absolute atomic E-state index is 0.146. The van der Waals surface area contributed by atoms with E-state index in [9.17, 15) is 9.59 Å². The average molecular weight is 572 g/mol. The van der Waals surface area contributed by atoms with Crippen LogP contribution in [0.1, 0.15) is 46.0 Å². The molecule has 0 amide bonds. The van der Waals surface area contributed by atoms with Crippen molar-refractivity contribution in [2.24, 2.45) is 0 Å². The van der Waals surface area contributed by atoms with Crippen LogP contribution in [-0.4, -0.2) is 43.5 Å². The van der Waals surface area contributed by atoms with Gasteiger partial charge in [0.25, 0.3) is 5.56 Å². The summed E-state index contributed by atoms with van der Waals surface area (Å²) < 4.78 is 22.9. The summed E-state index contributed by atoms with van der Waals surface area (Å²) in [5, 5.41) is 0. The summed E-state index contributed by atoms with van der Waals surface area (Å²) in [6.07, 6.45) is 2.36. The Balaban J connectivity index is 1.83. The van der Waals surface area contributed by atoms with Gasteiger partial charge in [-0.05, 0) is 78.9 Å². The highest BCUT2D eigenvalue weighted by Gasteiger charge is 2.26. The largest absolute Gasteiger partial charge is 0.497 e. The number of carbonyl (C=O) groups excluding carboxylic acids is 1. The van der Waals surface area contributed by atoms with E-state index in [-0.39, 0.29) is 11.4 Å². The maximum Gasteiger partial charge on any atom is 0.347 e. The van der Waals surface area contributed by atoms with Gasteiger partial charge in [-0.1, -0.05) is 31.2 Å². The fraction of sp³-hybridized carbons (Fsp3) is 0.303. The van der Waals surface area contributed by atoms with Crippen LogP contribution >= 0.6 is 0 Å². The van der Waals surface area contributed by atoms with Crippen molar-refractivity contribution >= 4 is 11.8 Å². The monoisotopic (exact) mass is 571 g/mol. The van der Waals surface area contributed by atoms with Gasteiger partial charge in [0, 0.05) is 13.1 Å². The number of hydrogen-bond donors (Lipinski definition) is 0. The zero-order valence-electron chi connectivity index (χ0n) is 25.0. The Hall–Kier alpha value is -4.79. The van der Waals surface area contributed by atoms with E-state index in [1.165, 1.54) is 18.0 Å². The number of aromatic nitrogens is 2. The standard InChI is InChI=1S/C33H37N3O6/c1-7-16-42-28-17-22(2)30(23(3)18-28)36-21-34-31(29(32(36)37)33(38)41-6)35(19-24-8-12-26(39-4)13-9-24)20-25-10-14-27(40-5)15-11-25/h8-15,17-18,21H,7,16,19-20H2,1-6H3. The van der Waals surface area contributed by atoms with Crippen LogP contribution in [0.25, 0.3) is 5.69 Å². The maximum atomic E-state index is 14.1. The van der Waals surface area contributed by atoms with Gasteiger partial charge in [-0.2, -0.15) is 0 Å². The first-order chi connectivity index (χ1) is 20.3. The van der Waals surface area contributed by atoms with Crippen LogP contribution in [-0.2, 0) is 17.8 Å². The molecule has 0 bridgehead atoms. The summed E-state index contributed by atoms with van der Waals surface area (Å²) in [4.78, 5) is 33.9. The number of rotatable bonds is 12. The van der Waals surface area contributed by atoms with Crippen LogP contribution in [0.2, 0.25) is 0 Å². The molecule has 4 rings (SSSR count). The number of hydrogen-bond acceptors (Lipinski definition) is 8. The fourth-order valence-corrected chi connectivity index (χ4v) is 4.83. The summed E-state index contributed by atoms with van der Waals surface area (Å²) in [5.74, 6) is 1.66. The molecule has 9 heteroatoms. The Kier molecular flexibility index (Phi) is 9.85. The van der Waals surface area contributed by atoms with Gasteiger partial charge >= 0.3 is 5.97 Å². The van der Waals surface area contributed by atoms with E-state index < -0.39 is 11.5 Å². The topological polar surface area (TPSA) is 92.1 Å². The first kappa shape index (κ1) is 30.2. The van der Waals surface area contributed by atoms with Crippen LogP contribution in [0.4, 0.5) is 5.82 Å². The maximum absolute atomic E-state index is 14.1. The van der Waals surface area contributed by atoms with Gasteiger partial charge in [-0.3, -0.25) is 9.36 Å². The van der Waals surface area contributed by atoms with Gasteiger partial charge in [0.1, 0.15) is 23.6 Å². The highest BCUT2D eigenvalue weighted by molar-refractivity contribution is 5.94. The molecule has 0 aliphatic heterocycles. The van der Waals surface area contributed by atoms with Crippen molar-refractivity contribution in [3.63, 3.8) is 0 Å². The molecule has 9 nitrogen and oxygen atoms in total. The molecule has 0 unspecified atom stereocenters. The molecule has 0 radical (unpaired) electrons. The van der Waals surface area contributed by atoms with E-state index in [0.717, 1.165) is 45.9 Å². The number of nitrogens with zero attached hydrogens (tertiary/aromatic N) is 3. The first-order valence-corrected chi connectivity index (χ1v) is 13.7. The van der Waals surface area contributed by atoms with Gasteiger partial charge in [0.2, 0.25) is 0 Å². The smallest absolute Gasteiger partial charge is 0.347 e. The highest BCUT2D eigenvalue weighted by atomic mass is 16.5. The molecule has 0 aliphatic rings. The van der Waals surface area contributed by atoms with E-state index in [1.807, 2.05) is 86.3 Å². The molecule has 1 aromatic heterocycles. The molecule has 220 valence electrons. The number of anilines is 1. The van der Waals surface area contributed by atoms with Crippen molar-refractivity contribution in [3.05, 3.63) is 105 Å². The Morgan fingerprint density at radius 3 is 1.81 bits per heavy atom. The van der Waals surface area contributed by atoms with Gasteiger partial charge in [0.15, 0.2) is 11.4 Å². The zero-order chi connectivity index (χ0) is 30.2. The van der Waals surface area contributed by atoms with Crippen molar-refractivity contribution < 1.29 is 23.7 Å². The van der Waals surface area contributed by atoms with E-state index in [0.29, 0.717) is 25.4 Å². The van der Waals surface area contributed by atoms with E-state index >= 15 is 0 Å². The summed E-state index contributed by atoms with van der Waals surface area (Å²) in [6, 6.07) is 19.0. The molecule has 42 heavy (non-hydrogen) atoms. The second-order valence-corrected chi connectivity index (χ2v) is 9.92. The molecule has 0 atom stereocenters. The van der Waals surface area contributed by atoms with Gasteiger partial charge in [0.05, 0.1) is 33.6 Å². The van der Waals surface area contributed by atoms with Gasteiger partial charge in [-0.25, -0.2) is 9.78 Å². The normalized spacial score (nSPS) is 10.7. The number of aryl methyl sites for hydroxylation is 2. The molecular weight excluding hydrogens is 534 g/mol. The number of methoxy groups -OCH3 is 3. The second-order valence-electron chi connectivity index (χ2n) is 9.92. The summed E-state index contributed by atoms with van der Waals surface area (Å²) in [7, 11) is 4.49. The Morgan fingerprint density at radius 1 is 0.833 bits per heavy atom. The lowest BCUT2D eigenvalue weighted by molar-refractivity contribution is 0.0598. The minimum atomic E-state index is -0.760. The molecule has 0 aliphatic carbocycles. The molecule has 0 spiro atoms. The van der Waals surface area contributed by atoms with Crippen molar-refractivity contribution in [2.75, 3.05) is 32.8 Å². The van der Waals surface area contributed by atoms with Crippen molar-refractivity contribution in [2.45, 2.75) is 40.3 Å². The number of carbonyl (C=O) groups is 1. The number of benzene rings is 3. The third kappa shape index (κ3) is 6.74. The Labute approximate surface area is 246 Å². The van der Waals surface area contributed by atoms with Crippen molar-refractivity contribution in [1.82, 2.24) is 9.55 Å². The predicted octanol–water partition coefficient (Wildman–Crippen LogP) is 5.65. The van der Waals surface area contributed by atoms with Crippen LogP contribution in [0.3, 0.4) is 0 Å². The number of ether oxygens (including phenoxy) is 4. The third-order valence-corrected chi connectivity index (χ3v) is 6.88. The lowest BCUT2D eigenvalue weighted by Gasteiger charge is -2.26. The summed E-state index contributed by atoms with van der Waals surface area (Å²) in [5.41, 5.74) is 3.51. The minimum Gasteiger partial charge on any atom is -0.497 e. The van der Waals surface area contributed by atoms with E-state index in [2.05, 4.69) is 0 Å². The molecule has 1 heterocycles. The Bertz CT molecular complexity index is 1510. The fourth-order valence-electron chi connectivity index (χ4n) is 4.83. The summed E-state index contributed by atoms with van der Waals surface area (Å²) in [6.45, 7) is 7.19. The zero-order valence-corrected chi connectivity index (χ0v) is 25.0. The lowest BCUT2D eigenvalue weighted by Crippen LogP contribution is -2.33. The van der Waals surface area contributed by atoms with Crippen molar-refractivity contribution in [3.8, 4) is 22.9 Å². The SMILES string of the molecule is CCCOc1cc(C)c(-n2cnc(N(Cc3ccc(OC)cc3)Cc3ccc(OC)cc3)c(C(=O)OC)c2=O)c(C)c1. The lowest BCUT2D eigenvalue weighted by atomic mass is 10.1. The molecule has 0 saturated heterocycles. The summed E-state index contributed by atoms with van der Waals surface area (Å²) >= 11 is 0. The van der Waals surface area contributed by atoms with Crippen LogP contribution in [0.15, 0.2) is 71.8 Å².